The summed E-state index contributed by atoms with van der Waals surface area (Å²) in [5.74, 6) is 1.31. The molecule has 0 spiro atoms. The minimum atomic E-state index is -0.153. The number of amides is 1. The van der Waals surface area contributed by atoms with Crippen molar-refractivity contribution < 1.29 is 9.53 Å². The van der Waals surface area contributed by atoms with Crippen LogP contribution in [0.3, 0.4) is 0 Å². The van der Waals surface area contributed by atoms with Crippen LogP contribution in [0.2, 0.25) is 0 Å². The molecule has 118 valence electrons. The van der Waals surface area contributed by atoms with Crippen LogP contribution < -0.4 is 10.1 Å². The van der Waals surface area contributed by atoms with E-state index in [9.17, 15) is 4.79 Å². The smallest absolute Gasteiger partial charge is 0.255 e. The van der Waals surface area contributed by atoms with E-state index in [0.717, 1.165) is 11.3 Å². The highest BCUT2D eigenvalue weighted by Gasteiger charge is 2.16. The van der Waals surface area contributed by atoms with Gasteiger partial charge in [-0.3, -0.25) is 9.20 Å². The molecule has 1 N–H and O–H groups in total. The van der Waals surface area contributed by atoms with Gasteiger partial charge in [0.15, 0.2) is 11.5 Å². The molecule has 0 atom stereocenters. The zero-order valence-corrected chi connectivity index (χ0v) is 13.3. The number of methoxy groups -OCH3 is 1. The lowest BCUT2D eigenvalue weighted by molar-refractivity contribution is 0.0944. The lowest BCUT2D eigenvalue weighted by Crippen LogP contribution is -2.30. The molecule has 0 radical (unpaired) electrons. The van der Waals surface area contributed by atoms with Crippen LogP contribution in [0.25, 0.3) is 17.0 Å². The Morgan fingerprint density at radius 1 is 1.17 bits per heavy atom. The van der Waals surface area contributed by atoms with Crippen LogP contribution in [-0.2, 0) is 0 Å². The molecule has 0 aliphatic carbocycles. The second kappa shape index (κ2) is 6.08. The lowest BCUT2D eigenvalue weighted by atomic mass is 10.2. The van der Waals surface area contributed by atoms with Crippen LogP contribution in [0.5, 0.6) is 5.75 Å². The van der Waals surface area contributed by atoms with Gasteiger partial charge in [-0.25, -0.2) is 0 Å². The first-order valence-corrected chi connectivity index (χ1v) is 7.39. The molecule has 23 heavy (non-hydrogen) atoms. The van der Waals surface area contributed by atoms with Gasteiger partial charge in [0, 0.05) is 17.8 Å². The number of carbonyl (C=O) groups excluding carboxylic acids is 1. The van der Waals surface area contributed by atoms with Crippen molar-refractivity contribution in [2.45, 2.75) is 19.9 Å². The molecule has 6 nitrogen and oxygen atoms in total. The minimum Gasteiger partial charge on any atom is -0.497 e. The number of ether oxygens (including phenoxy) is 1. The maximum absolute atomic E-state index is 12.3. The summed E-state index contributed by atoms with van der Waals surface area (Å²) in [6.07, 6.45) is 1.85. The zero-order chi connectivity index (χ0) is 16.4. The van der Waals surface area contributed by atoms with Crippen molar-refractivity contribution in [2.75, 3.05) is 7.11 Å². The summed E-state index contributed by atoms with van der Waals surface area (Å²) in [6, 6.07) is 11.2. The molecule has 0 fully saturated rings. The molecular weight excluding hydrogens is 292 g/mol. The van der Waals surface area contributed by atoms with Crippen LogP contribution in [0.1, 0.15) is 24.2 Å². The fourth-order valence-electron chi connectivity index (χ4n) is 2.37. The summed E-state index contributed by atoms with van der Waals surface area (Å²) in [6.45, 7) is 3.84. The van der Waals surface area contributed by atoms with E-state index in [2.05, 4.69) is 15.5 Å². The predicted molar refractivity (Wildman–Crippen MR) is 87.6 cm³/mol. The second-order valence-electron chi connectivity index (χ2n) is 5.50. The molecule has 2 heterocycles. The van der Waals surface area contributed by atoms with Crippen LogP contribution in [0.4, 0.5) is 0 Å². The average Bonchev–Trinajstić information content (AvgIpc) is 2.98. The van der Waals surface area contributed by atoms with Crippen molar-refractivity contribution in [1.29, 1.82) is 0 Å². The lowest BCUT2D eigenvalue weighted by Gasteiger charge is -2.09. The van der Waals surface area contributed by atoms with Gasteiger partial charge in [0.25, 0.3) is 5.91 Å². The molecule has 0 saturated heterocycles. The van der Waals surface area contributed by atoms with Gasteiger partial charge in [-0.1, -0.05) is 0 Å². The molecule has 2 aromatic heterocycles. The summed E-state index contributed by atoms with van der Waals surface area (Å²) in [5.41, 5.74) is 1.95. The molecule has 0 unspecified atom stereocenters. The van der Waals surface area contributed by atoms with Gasteiger partial charge >= 0.3 is 0 Å². The highest BCUT2D eigenvalue weighted by Crippen LogP contribution is 2.22. The zero-order valence-electron chi connectivity index (χ0n) is 13.3. The van der Waals surface area contributed by atoms with Crippen molar-refractivity contribution in [3.63, 3.8) is 0 Å². The van der Waals surface area contributed by atoms with Crippen molar-refractivity contribution in [2.24, 2.45) is 0 Å². The molecule has 0 bridgehead atoms. The van der Waals surface area contributed by atoms with E-state index in [0.29, 0.717) is 17.0 Å². The largest absolute Gasteiger partial charge is 0.497 e. The normalized spacial score (nSPS) is 11.0. The SMILES string of the molecule is COc1ccc(-c2nnc3c(C(=O)NC(C)C)cccn23)cc1. The first kappa shape index (κ1) is 15.0. The number of benzene rings is 1. The van der Waals surface area contributed by atoms with E-state index in [4.69, 9.17) is 4.74 Å². The average molecular weight is 310 g/mol. The summed E-state index contributed by atoms with van der Waals surface area (Å²) < 4.78 is 6.98. The Morgan fingerprint density at radius 2 is 1.91 bits per heavy atom. The maximum Gasteiger partial charge on any atom is 0.255 e. The number of aromatic nitrogens is 3. The number of hydrogen-bond donors (Lipinski definition) is 1. The van der Waals surface area contributed by atoms with Crippen LogP contribution in [0.15, 0.2) is 42.6 Å². The van der Waals surface area contributed by atoms with E-state index in [1.54, 1.807) is 13.2 Å². The van der Waals surface area contributed by atoms with Gasteiger partial charge < -0.3 is 10.1 Å². The number of nitrogens with zero attached hydrogens (tertiary/aromatic N) is 3. The molecule has 3 rings (SSSR count). The van der Waals surface area contributed by atoms with E-state index in [1.165, 1.54) is 0 Å². The number of fused-ring (bicyclic) bond motifs is 1. The Hall–Kier alpha value is -2.89. The molecule has 6 heteroatoms. The maximum atomic E-state index is 12.3. The van der Waals surface area contributed by atoms with Gasteiger partial charge in [-0.2, -0.15) is 0 Å². The van der Waals surface area contributed by atoms with E-state index >= 15 is 0 Å². The Morgan fingerprint density at radius 3 is 2.57 bits per heavy atom. The Kier molecular flexibility index (Phi) is 3.97. The Labute approximate surface area is 134 Å². The highest BCUT2D eigenvalue weighted by atomic mass is 16.5. The van der Waals surface area contributed by atoms with E-state index < -0.39 is 0 Å². The molecule has 1 aromatic carbocycles. The molecule has 0 aliphatic heterocycles. The Balaban J connectivity index is 2.05. The van der Waals surface area contributed by atoms with E-state index in [1.807, 2.05) is 54.8 Å². The van der Waals surface area contributed by atoms with E-state index in [-0.39, 0.29) is 11.9 Å². The minimum absolute atomic E-state index is 0.0618. The first-order chi connectivity index (χ1) is 11.1. The van der Waals surface area contributed by atoms with Crippen molar-refractivity contribution in [3.05, 3.63) is 48.2 Å². The fraction of sp³-hybridized carbons (Fsp3) is 0.235. The van der Waals surface area contributed by atoms with Gasteiger partial charge in [-0.05, 0) is 50.2 Å². The highest BCUT2D eigenvalue weighted by molar-refractivity contribution is 6.00. The third kappa shape index (κ3) is 2.88. The number of hydrogen-bond acceptors (Lipinski definition) is 4. The monoisotopic (exact) mass is 310 g/mol. The molecular formula is C17H18N4O2. The molecule has 0 saturated carbocycles. The third-order valence-electron chi connectivity index (χ3n) is 3.45. The van der Waals surface area contributed by atoms with Crippen LogP contribution in [0, 0.1) is 0 Å². The third-order valence-corrected chi connectivity index (χ3v) is 3.45. The molecule has 0 aliphatic rings. The Bertz CT molecular complexity index is 837. The van der Waals surface area contributed by atoms with Gasteiger partial charge in [0.1, 0.15) is 5.75 Å². The van der Waals surface area contributed by atoms with Crippen molar-refractivity contribution in [1.82, 2.24) is 19.9 Å². The fourth-order valence-corrected chi connectivity index (χ4v) is 2.37. The van der Waals surface area contributed by atoms with Crippen molar-refractivity contribution in [3.8, 4) is 17.1 Å². The number of nitrogens with one attached hydrogen (secondary N) is 1. The van der Waals surface area contributed by atoms with Crippen molar-refractivity contribution >= 4 is 11.6 Å². The quantitative estimate of drug-likeness (QED) is 0.804. The number of pyridine rings is 1. The summed E-state index contributed by atoms with van der Waals surface area (Å²) in [4.78, 5) is 12.3. The summed E-state index contributed by atoms with van der Waals surface area (Å²) in [7, 11) is 1.63. The topological polar surface area (TPSA) is 68.5 Å². The first-order valence-electron chi connectivity index (χ1n) is 7.39. The number of rotatable bonds is 4. The number of carbonyl (C=O) groups is 1. The van der Waals surface area contributed by atoms with Gasteiger partial charge in [0.05, 0.1) is 12.7 Å². The summed E-state index contributed by atoms with van der Waals surface area (Å²) >= 11 is 0. The van der Waals surface area contributed by atoms with Gasteiger partial charge in [-0.15, -0.1) is 10.2 Å². The molecule has 3 aromatic rings. The standard InChI is InChI=1S/C17H18N4O2/c1-11(2)18-17(22)14-5-4-10-21-15(19-20-16(14)21)12-6-8-13(23-3)9-7-12/h4-11H,1-3H3,(H,18,22). The molecule has 1 amide bonds. The van der Waals surface area contributed by atoms with Gasteiger partial charge in [0.2, 0.25) is 0 Å². The van der Waals surface area contributed by atoms with Crippen LogP contribution >= 0.6 is 0 Å². The predicted octanol–water partition coefficient (Wildman–Crippen LogP) is 2.54. The summed E-state index contributed by atoms with van der Waals surface area (Å²) in [5, 5.41) is 11.3. The second-order valence-corrected chi connectivity index (χ2v) is 5.50. The van der Waals surface area contributed by atoms with Crippen LogP contribution in [-0.4, -0.2) is 33.7 Å².